The van der Waals surface area contributed by atoms with Gasteiger partial charge in [0.15, 0.2) is 0 Å². The van der Waals surface area contributed by atoms with Gasteiger partial charge in [-0.05, 0) is 49.1 Å². The first-order chi connectivity index (χ1) is 21.2. The summed E-state index contributed by atoms with van der Waals surface area (Å²) >= 11 is 6.22. The number of anilines is 1. The van der Waals surface area contributed by atoms with Gasteiger partial charge in [0.25, 0.3) is 0 Å². The van der Waals surface area contributed by atoms with Crippen molar-refractivity contribution in [2.45, 2.75) is 70.3 Å². The summed E-state index contributed by atoms with van der Waals surface area (Å²) in [5.74, 6) is -1.15. The van der Waals surface area contributed by atoms with Crippen LogP contribution in [0.4, 0.5) is 18.9 Å². The number of rotatable bonds is 11. The van der Waals surface area contributed by atoms with Crippen molar-refractivity contribution in [3.8, 4) is 0 Å². The molecule has 0 radical (unpaired) electrons. The highest BCUT2D eigenvalue weighted by Crippen LogP contribution is 2.36. The average molecular weight is 664 g/mol. The normalized spacial score (nSPS) is 14.9. The highest BCUT2D eigenvalue weighted by molar-refractivity contribution is 7.92. The second-order valence-electron chi connectivity index (χ2n) is 11.5. The van der Waals surface area contributed by atoms with Gasteiger partial charge in [0.2, 0.25) is 21.8 Å². The minimum atomic E-state index is -4.78. The molecule has 2 amide bonds. The maximum Gasteiger partial charge on any atom is 0.416 e. The van der Waals surface area contributed by atoms with E-state index in [1.54, 1.807) is 6.07 Å². The van der Waals surface area contributed by atoms with Crippen LogP contribution >= 0.6 is 11.6 Å². The van der Waals surface area contributed by atoms with E-state index in [1.165, 1.54) is 4.90 Å². The Morgan fingerprint density at radius 1 is 0.956 bits per heavy atom. The Bertz CT molecular complexity index is 1600. The predicted molar refractivity (Wildman–Crippen MR) is 169 cm³/mol. The molecule has 1 saturated carbocycles. The number of carbonyl (C=O) groups is 2. The van der Waals surface area contributed by atoms with Crippen LogP contribution < -0.4 is 9.62 Å². The molecule has 0 aromatic heterocycles. The zero-order valence-corrected chi connectivity index (χ0v) is 26.8. The molecule has 3 aromatic rings. The van der Waals surface area contributed by atoms with Crippen LogP contribution in [0.3, 0.4) is 0 Å². The highest BCUT2D eigenvalue weighted by atomic mass is 35.5. The van der Waals surface area contributed by atoms with Gasteiger partial charge in [-0.3, -0.25) is 13.9 Å². The number of aryl methyl sites for hydroxylation is 1. The third-order valence-corrected chi connectivity index (χ3v) is 9.33. The van der Waals surface area contributed by atoms with Crippen LogP contribution in [0.25, 0.3) is 0 Å². The number of hydrogen-bond acceptors (Lipinski definition) is 4. The number of sulfonamides is 1. The standard InChI is InChI=1S/C33H37ClF3N3O4S/c1-23-10-9-13-25(18-23)21-39(30(19-24-11-5-3-6-12-24)32(42)38-27-14-7-4-8-15-27)31(41)22-40(45(2,43)44)29-20-26(33(35,36)37)16-17-28(29)34/h3,5-6,9-13,16-18,20,27,30H,4,7-8,14-15,19,21-22H2,1-2H3,(H,38,42). The number of hydrogen-bond donors (Lipinski definition) is 1. The summed E-state index contributed by atoms with van der Waals surface area (Å²) in [6.45, 7) is 0.978. The fourth-order valence-corrected chi connectivity index (χ4v) is 6.70. The summed E-state index contributed by atoms with van der Waals surface area (Å²) in [6, 6.07) is 17.7. The molecule has 1 aliphatic carbocycles. The topological polar surface area (TPSA) is 86.8 Å². The molecule has 0 saturated heterocycles. The second-order valence-corrected chi connectivity index (χ2v) is 13.8. The fourth-order valence-electron chi connectivity index (χ4n) is 5.58. The van der Waals surface area contributed by atoms with Gasteiger partial charge in [0.05, 0.1) is 22.5 Å². The summed E-state index contributed by atoms with van der Waals surface area (Å²) in [4.78, 5) is 29.6. The predicted octanol–water partition coefficient (Wildman–Crippen LogP) is 6.52. The minimum absolute atomic E-state index is 0.0377. The Hall–Kier alpha value is -3.57. The van der Waals surface area contributed by atoms with E-state index in [0.717, 1.165) is 61.6 Å². The largest absolute Gasteiger partial charge is 0.416 e. The SMILES string of the molecule is Cc1cccc(CN(C(=O)CN(c2cc(C(F)(F)F)ccc2Cl)S(C)(=O)=O)C(Cc2ccccc2)C(=O)NC2CCCCC2)c1. The van der Waals surface area contributed by atoms with Gasteiger partial charge in [-0.25, -0.2) is 8.42 Å². The van der Waals surface area contributed by atoms with E-state index in [2.05, 4.69) is 5.32 Å². The van der Waals surface area contributed by atoms with Crippen molar-refractivity contribution in [1.29, 1.82) is 0 Å². The van der Waals surface area contributed by atoms with Crippen LogP contribution in [-0.2, 0) is 38.8 Å². The van der Waals surface area contributed by atoms with Gasteiger partial charge in [0, 0.05) is 19.0 Å². The van der Waals surface area contributed by atoms with E-state index < -0.39 is 45.9 Å². The number of halogens is 4. The Morgan fingerprint density at radius 3 is 2.24 bits per heavy atom. The van der Waals surface area contributed by atoms with Crippen molar-refractivity contribution in [3.05, 3.63) is 100 Å². The maximum absolute atomic E-state index is 14.3. The van der Waals surface area contributed by atoms with E-state index in [4.69, 9.17) is 11.6 Å². The van der Waals surface area contributed by atoms with Gasteiger partial charge in [0.1, 0.15) is 12.6 Å². The molecule has 3 aromatic carbocycles. The first-order valence-electron chi connectivity index (χ1n) is 14.8. The molecule has 1 aliphatic rings. The number of alkyl halides is 3. The molecule has 1 fully saturated rings. The highest BCUT2D eigenvalue weighted by Gasteiger charge is 2.36. The Kier molecular flexibility index (Phi) is 11.2. The molecule has 12 heteroatoms. The van der Waals surface area contributed by atoms with Crippen LogP contribution in [0.5, 0.6) is 0 Å². The molecule has 0 aliphatic heterocycles. The molecule has 242 valence electrons. The average Bonchev–Trinajstić information content (AvgIpc) is 2.98. The summed E-state index contributed by atoms with van der Waals surface area (Å²) in [7, 11) is -4.30. The second kappa shape index (κ2) is 14.7. The smallest absolute Gasteiger partial charge is 0.352 e. The molecular weight excluding hydrogens is 627 g/mol. The van der Waals surface area contributed by atoms with Crippen LogP contribution in [0, 0.1) is 6.92 Å². The van der Waals surface area contributed by atoms with Crippen molar-refractivity contribution in [2.24, 2.45) is 0 Å². The number of amides is 2. The van der Waals surface area contributed by atoms with Crippen LogP contribution in [0.2, 0.25) is 5.02 Å². The summed E-state index contributed by atoms with van der Waals surface area (Å²) < 4.78 is 67.3. The molecule has 0 spiro atoms. The quantitative estimate of drug-likeness (QED) is 0.253. The first kappa shape index (κ1) is 34.3. The third kappa shape index (κ3) is 9.46. The number of nitrogens with one attached hydrogen (secondary N) is 1. The molecule has 1 unspecified atom stereocenters. The van der Waals surface area contributed by atoms with Gasteiger partial charge < -0.3 is 10.2 Å². The lowest BCUT2D eigenvalue weighted by Gasteiger charge is -2.35. The van der Waals surface area contributed by atoms with Crippen LogP contribution in [0.15, 0.2) is 72.8 Å². The number of nitrogens with zero attached hydrogens (tertiary/aromatic N) is 2. The van der Waals surface area contributed by atoms with E-state index in [9.17, 15) is 31.2 Å². The van der Waals surface area contributed by atoms with E-state index in [0.29, 0.717) is 15.9 Å². The van der Waals surface area contributed by atoms with Gasteiger partial charge >= 0.3 is 6.18 Å². The molecular formula is C33H37ClF3N3O4S. The zero-order chi connectivity index (χ0) is 32.8. The van der Waals surface area contributed by atoms with Crippen molar-refractivity contribution in [1.82, 2.24) is 10.2 Å². The van der Waals surface area contributed by atoms with Gasteiger partial charge in [-0.15, -0.1) is 0 Å². The number of benzene rings is 3. The lowest BCUT2D eigenvalue weighted by molar-refractivity contribution is -0.140. The Morgan fingerprint density at radius 2 is 1.62 bits per heavy atom. The van der Waals surface area contributed by atoms with Gasteiger partial charge in [-0.1, -0.05) is 91.0 Å². The number of carbonyl (C=O) groups excluding carboxylic acids is 2. The fraction of sp³-hybridized carbons (Fsp3) is 0.394. The maximum atomic E-state index is 14.3. The summed E-state index contributed by atoms with van der Waals surface area (Å²) in [6.07, 6.45) is 0.803. The van der Waals surface area contributed by atoms with E-state index in [1.807, 2.05) is 55.5 Å². The molecule has 1 atom stereocenters. The molecule has 45 heavy (non-hydrogen) atoms. The van der Waals surface area contributed by atoms with Crippen molar-refractivity contribution < 1.29 is 31.2 Å². The van der Waals surface area contributed by atoms with E-state index >= 15 is 0 Å². The molecule has 0 heterocycles. The Balaban J connectivity index is 1.77. The molecule has 4 rings (SSSR count). The summed E-state index contributed by atoms with van der Waals surface area (Å²) in [5.41, 5.74) is 0.802. The minimum Gasteiger partial charge on any atom is -0.352 e. The lowest BCUT2D eigenvalue weighted by atomic mass is 9.94. The van der Waals surface area contributed by atoms with Crippen molar-refractivity contribution in [2.75, 3.05) is 17.1 Å². The third-order valence-electron chi connectivity index (χ3n) is 7.88. The van der Waals surface area contributed by atoms with Crippen LogP contribution in [0.1, 0.15) is 54.4 Å². The molecule has 1 N–H and O–H groups in total. The first-order valence-corrected chi connectivity index (χ1v) is 17.0. The zero-order valence-electron chi connectivity index (χ0n) is 25.2. The lowest BCUT2D eigenvalue weighted by Crippen LogP contribution is -2.55. The van der Waals surface area contributed by atoms with E-state index in [-0.39, 0.29) is 29.9 Å². The Labute approximate surface area is 267 Å². The van der Waals surface area contributed by atoms with Crippen LogP contribution in [-0.4, -0.2) is 50.0 Å². The summed E-state index contributed by atoms with van der Waals surface area (Å²) in [5, 5.41) is 2.83. The van der Waals surface area contributed by atoms with Crippen molar-refractivity contribution in [3.63, 3.8) is 0 Å². The molecule has 0 bridgehead atoms. The van der Waals surface area contributed by atoms with Gasteiger partial charge in [-0.2, -0.15) is 13.2 Å². The monoisotopic (exact) mass is 663 g/mol. The molecule has 7 nitrogen and oxygen atoms in total. The van der Waals surface area contributed by atoms with Crippen molar-refractivity contribution >= 4 is 39.1 Å².